The Kier molecular flexibility index (Phi) is 11.5. The molecule has 8 rings (SSSR count). The predicted octanol–water partition coefficient (Wildman–Crippen LogP) is 12.2. The third kappa shape index (κ3) is 8.50. The van der Waals surface area contributed by atoms with Gasteiger partial charge < -0.3 is 11.5 Å². The molecule has 0 aliphatic rings. The van der Waals surface area contributed by atoms with E-state index in [1.165, 1.54) is 66.1 Å². The molecule has 250 valence electrons. The Morgan fingerprint density at radius 2 is 0.902 bits per heavy atom. The van der Waals surface area contributed by atoms with E-state index in [0.29, 0.717) is 6.54 Å². The van der Waals surface area contributed by atoms with Crippen LogP contribution in [0.15, 0.2) is 186 Å². The monoisotopic (exact) mass is 725 g/mol. The summed E-state index contributed by atoms with van der Waals surface area (Å²) in [5.74, 6) is 0.121. The fourth-order valence-corrected chi connectivity index (χ4v) is 6.58. The zero-order chi connectivity index (χ0) is 35.6. The van der Waals surface area contributed by atoms with E-state index in [2.05, 4.69) is 156 Å². The number of nitrogen functional groups attached to an aromatic ring is 1. The van der Waals surface area contributed by atoms with Crippen LogP contribution in [0.3, 0.4) is 0 Å². The first-order valence-electron chi connectivity index (χ1n) is 16.9. The van der Waals surface area contributed by atoms with Crippen LogP contribution in [0.1, 0.15) is 16.7 Å². The lowest BCUT2D eigenvalue weighted by atomic mass is 9.90. The first-order valence-corrected chi connectivity index (χ1v) is 17.7. The molecular formula is C47H40BrN3. The Balaban J connectivity index is 0.000000161. The summed E-state index contributed by atoms with van der Waals surface area (Å²) in [6.07, 6.45) is 0. The first-order chi connectivity index (χ1) is 24.9. The highest BCUT2D eigenvalue weighted by Gasteiger charge is 2.12. The molecule has 0 saturated heterocycles. The molecule has 0 aliphatic carbocycles. The molecule has 0 unspecified atom stereocenters. The van der Waals surface area contributed by atoms with Crippen LogP contribution in [0.2, 0.25) is 0 Å². The normalized spacial score (nSPS) is 10.5. The van der Waals surface area contributed by atoms with E-state index < -0.39 is 0 Å². The Bertz CT molecular complexity index is 2370. The lowest BCUT2D eigenvalue weighted by Crippen LogP contribution is -2.10. The largest absolute Gasteiger partial charge is 0.384 e. The van der Waals surface area contributed by atoms with Crippen molar-refractivity contribution in [3.8, 4) is 33.4 Å². The van der Waals surface area contributed by atoms with Crippen molar-refractivity contribution in [2.75, 3.05) is 0 Å². The average molecular weight is 727 g/mol. The summed E-state index contributed by atoms with van der Waals surface area (Å²) in [5.41, 5.74) is 21.5. The maximum absolute atomic E-state index is 7.01. The Morgan fingerprint density at radius 1 is 0.471 bits per heavy atom. The minimum Gasteiger partial charge on any atom is -0.384 e. The molecule has 0 fully saturated rings. The molecule has 0 heterocycles. The summed E-state index contributed by atoms with van der Waals surface area (Å²) >= 11 is 3.70. The third-order valence-electron chi connectivity index (χ3n) is 8.83. The van der Waals surface area contributed by atoms with Crippen molar-refractivity contribution in [2.24, 2.45) is 11.5 Å². The summed E-state index contributed by atoms with van der Waals surface area (Å²) in [6.45, 7) is 2.73. The van der Waals surface area contributed by atoms with Crippen molar-refractivity contribution in [3.05, 3.63) is 203 Å². The zero-order valence-electron chi connectivity index (χ0n) is 28.6. The quantitative estimate of drug-likeness (QED) is 0.122. The summed E-state index contributed by atoms with van der Waals surface area (Å²) in [5, 5.41) is 12.1. The van der Waals surface area contributed by atoms with Crippen LogP contribution in [0.25, 0.3) is 54.9 Å². The highest BCUT2D eigenvalue weighted by molar-refractivity contribution is 9.10. The maximum Gasteiger partial charge on any atom is 0.122 e. The molecule has 0 spiro atoms. The van der Waals surface area contributed by atoms with Gasteiger partial charge in [0.2, 0.25) is 0 Å². The minimum absolute atomic E-state index is 0.121. The standard InChI is InChI=1S/C27H19Br.C13H13N.C7H8N2/c1-18-10-12-19(13-11-18)20-14-15-24(22-7-3-2-6-21(20)22)25-16-17-27(28)26-9-5-4-8-23(25)26;14-10-11-6-8-13(9-7-11)12-4-2-1-3-5-12;8-7(9)6-4-2-1-3-5-6/h2-17H,1H3;1-9H,10,14H2;1-5H,(H3,8,9). The van der Waals surface area contributed by atoms with Crippen LogP contribution >= 0.6 is 15.9 Å². The number of halogens is 1. The Morgan fingerprint density at radius 3 is 1.45 bits per heavy atom. The summed E-state index contributed by atoms with van der Waals surface area (Å²) in [7, 11) is 0. The molecule has 3 nitrogen and oxygen atoms in total. The van der Waals surface area contributed by atoms with Gasteiger partial charge in [-0.1, -0.05) is 197 Å². The lowest BCUT2D eigenvalue weighted by Gasteiger charge is -2.14. The molecule has 4 heteroatoms. The van der Waals surface area contributed by atoms with Gasteiger partial charge in [-0.3, -0.25) is 5.41 Å². The van der Waals surface area contributed by atoms with Crippen LogP contribution in [0.5, 0.6) is 0 Å². The van der Waals surface area contributed by atoms with Crippen molar-refractivity contribution >= 4 is 43.3 Å². The number of nitrogens with one attached hydrogen (secondary N) is 1. The molecule has 0 saturated carbocycles. The van der Waals surface area contributed by atoms with E-state index in [4.69, 9.17) is 16.9 Å². The average Bonchev–Trinajstić information content (AvgIpc) is 3.19. The summed E-state index contributed by atoms with van der Waals surface area (Å²) < 4.78 is 1.13. The van der Waals surface area contributed by atoms with Crippen LogP contribution in [-0.4, -0.2) is 5.84 Å². The van der Waals surface area contributed by atoms with E-state index in [9.17, 15) is 0 Å². The van der Waals surface area contributed by atoms with Crippen LogP contribution in [-0.2, 0) is 6.54 Å². The molecule has 51 heavy (non-hydrogen) atoms. The van der Waals surface area contributed by atoms with E-state index in [0.717, 1.165) is 10.0 Å². The Labute approximate surface area is 308 Å². The van der Waals surface area contributed by atoms with Crippen LogP contribution in [0.4, 0.5) is 0 Å². The van der Waals surface area contributed by atoms with Gasteiger partial charge >= 0.3 is 0 Å². The van der Waals surface area contributed by atoms with Gasteiger partial charge in [0.05, 0.1) is 0 Å². The molecule has 0 aromatic heterocycles. The number of rotatable bonds is 5. The van der Waals surface area contributed by atoms with E-state index >= 15 is 0 Å². The van der Waals surface area contributed by atoms with Crippen molar-refractivity contribution in [3.63, 3.8) is 0 Å². The van der Waals surface area contributed by atoms with Gasteiger partial charge in [-0.2, -0.15) is 0 Å². The van der Waals surface area contributed by atoms with Crippen LogP contribution in [0, 0.1) is 12.3 Å². The number of nitrogens with two attached hydrogens (primary N) is 2. The fraction of sp³-hybridized carbons (Fsp3) is 0.0426. The molecule has 8 aromatic rings. The molecule has 8 aromatic carbocycles. The first kappa shape index (κ1) is 35.0. The third-order valence-corrected chi connectivity index (χ3v) is 9.52. The second-order valence-electron chi connectivity index (χ2n) is 12.3. The number of hydrogen-bond donors (Lipinski definition) is 3. The van der Waals surface area contributed by atoms with Gasteiger partial charge in [0.15, 0.2) is 0 Å². The molecule has 0 atom stereocenters. The van der Waals surface area contributed by atoms with Gasteiger partial charge in [0.1, 0.15) is 5.84 Å². The van der Waals surface area contributed by atoms with Gasteiger partial charge in [-0.05, 0) is 73.5 Å². The van der Waals surface area contributed by atoms with Crippen molar-refractivity contribution < 1.29 is 0 Å². The Hall–Kier alpha value is -5.81. The van der Waals surface area contributed by atoms with Gasteiger partial charge in [-0.15, -0.1) is 0 Å². The highest BCUT2D eigenvalue weighted by atomic mass is 79.9. The molecule has 0 radical (unpaired) electrons. The SMILES string of the molecule is Cc1ccc(-c2ccc(-c3ccc(Br)c4ccccc34)c3ccccc23)cc1.N=C(N)c1ccccc1.NCc1ccc(-c2ccccc2)cc1. The zero-order valence-corrected chi connectivity index (χ0v) is 30.1. The van der Waals surface area contributed by atoms with Crippen LogP contribution < -0.4 is 11.5 Å². The van der Waals surface area contributed by atoms with E-state index in [1.807, 2.05) is 48.5 Å². The van der Waals surface area contributed by atoms with Gasteiger partial charge in [0, 0.05) is 16.6 Å². The molecular weight excluding hydrogens is 686 g/mol. The summed E-state index contributed by atoms with van der Waals surface area (Å²) in [6, 6.07) is 62.9. The van der Waals surface area contributed by atoms with Gasteiger partial charge in [-0.25, -0.2) is 0 Å². The van der Waals surface area contributed by atoms with E-state index in [-0.39, 0.29) is 5.84 Å². The lowest BCUT2D eigenvalue weighted by molar-refractivity contribution is 1.07. The number of amidine groups is 1. The van der Waals surface area contributed by atoms with E-state index in [1.54, 1.807) is 0 Å². The second kappa shape index (κ2) is 16.7. The van der Waals surface area contributed by atoms with Gasteiger partial charge in [0.25, 0.3) is 0 Å². The summed E-state index contributed by atoms with van der Waals surface area (Å²) in [4.78, 5) is 0. The number of benzene rings is 8. The second-order valence-corrected chi connectivity index (χ2v) is 13.1. The van der Waals surface area contributed by atoms with Crippen molar-refractivity contribution in [1.29, 1.82) is 5.41 Å². The predicted molar refractivity (Wildman–Crippen MR) is 222 cm³/mol. The van der Waals surface area contributed by atoms with Crippen molar-refractivity contribution in [1.82, 2.24) is 0 Å². The molecule has 5 N–H and O–H groups in total. The molecule has 0 aliphatic heterocycles. The topological polar surface area (TPSA) is 75.9 Å². The number of aryl methyl sites for hydroxylation is 1. The van der Waals surface area contributed by atoms with Crippen molar-refractivity contribution in [2.45, 2.75) is 13.5 Å². The minimum atomic E-state index is 0.121. The fourth-order valence-electron chi connectivity index (χ4n) is 6.10. The number of fused-ring (bicyclic) bond motifs is 2. The number of hydrogen-bond acceptors (Lipinski definition) is 2. The molecule has 0 bridgehead atoms. The highest BCUT2D eigenvalue weighted by Crippen LogP contribution is 2.39. The smallest absolute Gasteiger partial charge is 0.122 e. The maximum atomic E-state index is 7.01. The molecule has 0 amide bonds.